The van der Waals surface area contributed by atoms with Gasteiger partial charge in [-0.25, -0.2) is 9.18 Å². The molecule has 0 saturated carbocycles. The Labute approximate surface area is 147 Å². The lowest BCUT2D eigenvalue weighted by Crippen LogP contribution is -2.45. The molecule has 136 valence electrons. The quantitative estimate of drug-likeness (QED) is 0.802. The van der Waals surface area contributed by atoms with Crippen LogP contribution in [0.1, 0.15) is 51.0 Å². The Morgan fingerprint density at radius 2 is 2.04 bits per heavy atom. The van der Waals surface area contributed by atoms with Gasteiger partial charge < -0.3 is 10.1 Å². The Morgan fingerprint density at radius 1 is 1.28 bits per heavy atom. The van der Waals surface area contributed by atoms with Gasteiger partial charge in [0.05, 0.1) is 12.6 Å². The van der Waals surface area contributed by atoms with Crippen molar-refractivity contribution in [3.8, 4) is 0 Å². The average molecular weight is 348 g/mol. The second-order valence-electron chi connectivity index (χ2n) is 6.85. The van der Waals surface area contributed by atoms with Crippen LogP contribution in [0.2, 0.25) is 0 Å². The van der Waals surface area contributed by atoms with Gasteiger partial charge in [0.2, 0.25) is 0 Å². The number of nitrogens with one attached hydrogen (secondary N) is 1. The smallest absolute Gasteiger partial charge is 0.325 e. The van der Waals surface area contributed by atoms with Crippen molar-refractivity contribution in [2.75, 3.05) is 13.2 Å². The minimum atomic E-state index is -1.10. The monoisotopic (exact) mass is 348 g/mol. The van der Waals surface area contributed by atoms with Gasteiger partial charge in [0.25, 0.3) is 5.91 Å². The number of carbonyl (C=O) groups excluding carboxylic acids is 2. The van der Waals surface area contributed by atoms with Gasteiger partial charge in [0.1, 0.15) is 11.4 Å². The summed E-state index contributed by atoms with van der Waals surface area (Å²) >= 11 is 0. The van der Waals surface area contributed by atoms with Crippen LogP contribution in [0, 0.1) is 5.82 Å². The number of unbranched alkanes of at least 4 members (excludes halogenated alkanes) is 1. The summed E-state index contributed by atoms with van der Waals surface area (Å²) in [4.78, 5) is 27.0. The van der Waals surface area contributed by atoms with Gasteiger partial charge in [-0.2, -0.15) is 0 Å². The molecule has 0 bridgehead atoms. The maximum Gasteiger partial charge on any atom is 0.325 e. The summed E-state index contributed by atoms with van der Waals surface area (Å²) in [5.74, 6) is -0.620. The highest BCUT2D eigenvalue weighted by atomic mass is 19.1. The first kappa shape index (κ1) is 17.9. The fraction of sp³-hybridized carbons (Fsp3) is 0.579. The van der Waals surface area contributed by atoms with E-state index in [0.717, 1.165) is 32.1 Å². The van der Waals surface area contributed by atoms with Crippen LogP contribution in [0.25, 0.3) is 0 Å². The number of nitrogens with zero attached hydrogens (tertiary/aromatic N) is 1. The third kappa shape index (κ3) is 3.54. The van der Waals surface area contributed by atoms with Crippen LogP contribution in [0.4, 0.5) is 9.18 Å². The molecule has 2 unspecified atom stereocenters. The van der Waals surface area contributed by atoms with Gasteiger partial charge in [-0.05, 0) is 43.4 Å². The van der Waals surface area contributed by atoms with Crippen LogP contribution >= 0.6 is 0 Å². The van der Waals surface area contributed by atoms with E-state index in [1.807, 2.05) is 6.92 Å². The van der Waals surface area contributed by atoms with E-state index in [-0.39, 0.29) is 30.4 Å². The highest BCUT2D eigenvalue weighted by Crippen LogP contribution is 2.35. The summed E-state index contributed by atoms with van der Waals surface area (Å²) in [6.07, 6.45) is 5.02. The molecule has 2 heterocycles. The van der Waals surface area contributed by atoms with Crippen LogP contribution in [0.15, 0.2) is 24.3 Å². The summed E-state index contributed by atoms with van der Waals surface area (Å²) in [5, 5.41) is 2.89. The topological polar surface area (TPSA) is 58.6 Å². The number of carbonyl (C=O) groups is 2. The molecule has 1 aromatic carbocycles. The molecular formula is C19H25FN2O3. The Balaban J connectivity index is 1.86. The van der Waals surface area contributed by atoms with Gasteiger partial charge >= 0.3 is 6.03 Å². The van der Waals surface area contributed by atoms with E-state index in [1.165, 1.54) is 17.0 Å². The number of amides is 3. The van der Waals surface area contributed by atoms with Crippen LogP contribution < -0.4 is 5.32 Å². The third-order valence-corrected chi connectivity index (χ3v) is 5.08. The van der Waals surface area contributed by atoms with Gasteiger partial charge in [0, 0.05) is 6.61 Å². The SMILES string of the molecule is CCCCC1(c2ccc(F)cc2)NC(=O)N(CC2CCCCO2)C1=O. The standard InChI is InChI=1S/C19H25FN2O3/c1-2-3-11-19(14-7-9-15(20)10-8-14)17(23)22(18(24)21-19)13-16-6-4-5-12-25-16/h7-10,16H,2-6,11-13H2,1H3,(H,21,24). The van der Waals surface area contributed by atoms with Gasteiger partial charge in [-0.15, -0.1) is 0 Å². The minimum absolute atomic E-state index is 0.0985. The third-order valence-electron chi connectivity index (χ3n) is 5.08. The first-order chi connectivity index (χ1) is 12.1. The fourth-order valence-electron chi connectivity index (χ4n) is 3.63. The number of urea groups is 1. The number of ether oxygens (including phenoxy) is 1. The second kappa shape index (κ2) is 7.52. The first-order valence-corrected chi connectivity index (χ1v) is 9.08. The lowest BCUT2D eigenvalue weighted by molar-refractivity contribution is -0.133. The van der Waals surface area contributed by atoms with E-state index < -0.39 is 5.54 Å². The number of imide groups is 1. The summed E-state index contributed by atoms with van der Waals surface area (Å²) in [5.41, 5.74) is -0.470. The van der Waals surface area contributed by atoms with Gasteiger partial charge in [-0.3, -0.25) is 9.69 Å². The zero-order chi connectivity index (χ0) is 17.9. The predicted molar refractivity (Wildman–Crippen MR) is 91.4 cm³/mol. The zero-order valence-corrected chi connectivity index (χ0v) is 14.6. The molecule has 2 saturated heterocycles. The molecule has 5 nitrogen and oxygen atoms in total. The summed E-state index contributed by atoms with van der Waals surface area (Å²) in [6.45, 7) is 2.99. The van der Waals surface area contributed by atoms with E-state index in [9.17, 15) is 14.0 Å². The molecule has 2 aliphatic heterocycles. The highest BCUT2D eigenvalue weighted by molar-refractivity contribution is 6.07. The average Bonchev–Trinajstić information content (AvgIpc) is 2.87. The van der Waals surface area contributed by atoms with E-state index in [2.05, 4.69) is 5.32 Å². The number of rotatable bonds is 6. The van der Waals surface area contributed by atoms with Crippen molar-refractivity contribution in [1.82, 2.24) is 10.2 Å². The predicted octanol–water partition coefficient (Wildman–Crippen LogP) is 3.33. The Bertz CT molecular complexity index is 628. The van der Waals surface area contributed by atoms with Crippen molar-refractivity contribution in [2.24, 2.45) is 0 Å². The lowest BCUT2D eigenvalue weighted by Gasteiger charge is -2.29. The molecule has 6 heteroatoms. The first-order valence-electron chi connectivity index (χ1n) is 9.08. The van der Waals surface area contributed by atoms with Crippen LogP contribution in [0.3, 0.4) is 0 Å². The Kier molecular flexibility index (Phi) is 5.37. The summed E-state index contributed by atoms with van der Waals surface area (Å²) in [6, 6.07) is 5.44. The second-order valence-corrected chi connectivity index (χ2v) is 6.85. The zero-order valence-electron chi connectivity index (χ0n) is 14.6. The number of benzene rings is 1. The van der Waals surface area contributed by atoms with Crippen LogP contribution in [-0.4, -0.2) is 36.1 Å². The van der Waals surface area contributed by atoms with Crippen molar-refractivity contribution in [3.05, 3.63) is 35.6 Å². The van der Waals surface area contributed by atoms with Crippen molar-refractivity contribution in [2.45, 2.75) is 57.1 Å². The molecule has 25 heavy (non-hydrogen) atoms. The van der Waals surface area contributed by atoms with Gasteiger partial charge in [-0.1, -0.05) is 31.9 Å². The van der Waals surface area contributed by atoms with E-state index in [0.29, 0.717) is 18.6 Å². The molecular weight excluding hydrogens is 323 g/mol. The highest BCUT2D eigenvalue weighted by Gasteiger charge is 2.52. The van der Waals surface area contributed by atoms with E-state index >= 15 is 0 Å². The molecule has 0 aromatic heterocycles. The van der Waals surface area contributed by atoms with E-state index in [4.69, 9.17) is 4.74 Å². The Hall–Kier alpha value is -1.95. The molecule has 2 atom stereocenters. The molecule has 0 spiro atoms. The summed E-state index contributed by atoms with van der Waals surface area (Å²) in [7, 11) is 0. The normalized spacial score (nSPS) is 26.8. The molecule has 0 aliphatic carbocycles. The number of halogens is 1. The maximum atomic E-state index is 13.3. The van der Waals surface area contributed by atoms with E-state index in [1.54, 1.807) is 12.1 Å². The van der Waals surface area contributed by atoms with Crippen LogP contribution in [-0.2, 0) is 15.1 Å². The number of hydrogen-bond acceptors (Lipinski definition) is 3. The fourth-order valence-corrected chi connectivity index (χ4v) is 3.63. The molecule has 0 radical (unpaired) electrons. The van der Waals surface area contributed by atoms with Gasteiger partial charge in [0.15, 0.2) is 0 Å². The molecule has 3 amide bonds. The van der Waals surface area contributed by atoms with Crippen molar-refractivity contribution >= 4 is 11.9 Å². The van der Waals surface area contributed by atoms with Crippen molar-refractivity contribution in [1.29, 1.82) is 0 Å². The lowest BCUT2D eigenvalue weighted by atomic mass is 9.84. The largest absolute Gasteiger partial charge is 0.376 e. The molecule has 3 rings (SSSR count). The van der Waals surface area contributed by atoms with Crippen molar-refractivity contribution < 1.29 is 18.7 Å². The summed E-state index contributed by atoms with van der Waals surface area (Å²) < 4.78 is 19.0. The van der Waals surface area contributed by atoms with Crippen LogP contribution in [0.5, 0.6) is 0 Å². The maximum absolute atomic E-state index is 13.3. The molecule has 2 fully saturated rings. The molecule has 1 aromatic rings. The Morgan fingerprint density at radius 3 is 2.68 bits per heavy atom. The molecule has 2 aliphatic rings. The van der Waals surface area contributed by atoms with Crippen molar-refractivity contribution in [3.63, 3.8) is 0 Å². The number of hydrogen-bond donors (Lipinski definition) is 1. The minimum Gasteiger partial charge on any atom is -0.376 e. The molecule has 1 N–H and O–H groups in total.